The Morgan fingerprint density at radius 2 is 2.00 bits per heavy atom. The van der Waals surface area contributed by atoms with E-state index in [-0.39, 0.29) is 34.0 Å². The second-order valence-corrected chi connectivity index (χ2v) is 6.88. The van der Waals surface area contributed by atoms with E-state index in [4.69, 9.17) is 27.6 Å². The van der Waals surface area contributed by atoms with Gasteiger partial charge in [-0.3, -0.25) is 14.9 Å². The molecule has 3 aromatic rings. The maximum Gasteiger partial charge on any atom is 0.282 e. The van der Waals surface area contributed by atoms with Crippen LogP contribution in [0.5, 0.6) is 0 Å². The Labute approximate surface area is 167 Å². The third-order valence-corrected chi connectivity index (χ3v) is 4.65. The summed E-state index contributed by atoms with van der Waals surface area (Å²) in [6.45, 7) is 0. The zero-order valence-electron chi connectivity index (χ0n) is 13.4. The molecule has 0 aliphatic heterocycles. The molecular weight excluding hydrogens is 415 g/mol. The summed E-state index contributed by atoms with van der Waals surface area (Å²) in [5.41, 5.74) is 0.448. The zero-order chi connectivity index (χ0) is 19.4. The third-order valence-electron chi connectivity index (χ3n) is 3.27. The van der Waals surface area contributed by atoms with Crippen LogP contribution < -0.4 is 5.32 Å². The average molecular weight is 425 g/mol. The van der Waals surface area contributed by atoms with Gasteiger partial charge in [-0.15, -0.1) is 10.2 Å². The molecule has 0 atom stereocenters. The van der Waals surface area contributed by atoms with Crippen LogP contribution in [0.1, 0.15) is 0 Å². The van der Waals surface area contributed by atoms with Gasteiger partial charge in [0, 0.05) is 11.1 Å². The van der Waals surface area contributed by atoms with Crippen molar-refractivity contribution in [1.82, 2.24) is 10.2 Å². The Kier molecular flexibility index (Phi) is 5.94. The number of nitro groups is 1. The maximum absolute atomic E-state index is 12.1. The van der Waals surface area contributed by atoms with Crippen molar-refractivity contribution in [3.8, 4) is 11.5 Å². The molecule has 1 heterocycles. The Balaban J connectivity index is 1.66. The Bertz CT molecular complexity index is 1010. The van der Waals surface area contributed by atoms with Gasteiger partial charge in [-0.05, 0) is 24.3 Å². The number of rotatable bonds is 6. The minimum absolute atomic E-state index is 0.00286. The largest absolute Gasteiger partial charge is 0.411 e. The Morgan fingerprint density at radius 3 is 2.78 bits per heavy atom. The van der Waals surface area contributed by atoms with E-state index in [2.05, 4.69) is 15.5 Å². The smallest absolute Gasteiger partial charge is 0.282 e. The summed E-state index contributed by atoms with van der Waals surface area (Å²) in [5.74, 6) is -0.376. The first kappa shape index (κ1) is 19.2. The van der Waals surface area contributed by atoms with Gasteiger partial charge in [0.25, 0.3) is 16.8 Å². The van der Waals surface area contributed by atoms with Crippen LogP contribution in [-0.2, 0) is 4.79 Å². The predicted molar refractivity (Wildman–Crippen MR) is 102 cm³/mol. The molecule has 0 aliphatic rings. The number of carbonyl (C=O) groups is 1. The lowest BCUT2D eigenvalue weighted by Crippen LogP contribution is -2.14. The minimum atomic E-state index is -0.533. The number of para-hydroxylation sites is 1. The summed E-state index contributed by atoms with van der Waals surface area (Å²) in [4.78, 5) is 22.6. The predicted octanol–water partition coefficient (Wildman–Crippen LogP) is 4.68. The van der Waals surface area contributed by atoms with Gasteiger partial charge in [0.05, 0.1) is 21.4 Å². The van der Waals surface area contributed by atoms with Crippen molar-refractivity contribution >= 4 is 52.2 Å². The Hall–Kier alpha value is -2.62. The van der Waals surface area contributed by atoms with Gasteiger partial charge < -0.3 is 9.73 Å². The van der Waals surface area contributed by atoms with E-state index in [1.807, 2.05) is 0 Å². The van der Waals surface area contributed by atoms with Crippen LogP contribution >= 0.6 is 35.0 Å². The molecule has 0 spiro atoms. The summed E-state index contributed by atoms with van der Waals surface area (Å²) in [6, 6.07) is 10.7. The van der Waals surface area contributed by atoms with Crippen LogP contribution in [0.15, 0.2) is 52.1 Å². The molecule has 0 saturated carbocycles. The number of nitrogens with one attached hydrogen (secondary N) is 1. The highest BCUT2D eigenvalue weighted by molar-refractivity contribution is 7.99. The van der Waals surface area contributed by atoms with Crippen LogP contribution in [-0.4, -0.2) is 26.8 Å². The van der Waals surface area contributed by atoms with Gasteiger partial charge in [-0.2, -0.15) is 0 Å². The molecule has 11 heteroatoms. The molecular formula is C16H10Cl2N4O4S. The fourth-order valence-electron chi connectivity index (χ4n) is 2.10. The molecule has 0 bridgehead atoms. The summed E-state index contributed by atoms with van der Waals surface area (Å²) < 4.78 is 5.41. The molecule has 138 valence electrons. The average Bonchev–Trinajstić information content (AvgIpc) is 3.12. The van der Waals surface area contributed by atoms with Crippen LogP contribution in [0.2, 0.25) is 10.0 Å². The Morgan fingerprint density at radius 1 is 1.22 bits per heavy atom. The topological polar surface area (TPSA) is 111 Å². The van der Waals surface area contributed by atoms with Crippen molar-refractivity contribution in [1.29, 1.82) is 0 Å². The molecule has 8 nitrogen and oxygen atoms in total. The lowest BCUT2D eigenvalue weighted by molar-refractivity contribution is -0.384. The standard InChI is InChI=1S/C16H10Cl2N4O4S/c17-9-5-6-11(18)12(7-9)19-14(23)8-27-16-21-20-15(26-16)10-3-1-2-4-13(10)22(24)25/h1-7H,8H2,(H,19,23). The van der Waals surface area contributed by atoms with Crippen molar-refractivity contribution in [3.63, 3.8) is 0 Å². The number of hydrogen-bond acceptors (Lipinski definition) is 7. The number of amides is 1. The summed E-state index contributed by atoms with van der Waals surface area (Å²) in [6.07, 6.45) is 0. The van der Waals surface area contributed by atoms with E-state index in [0.29, 0.717) is 15.7 Å². The molecule has 0 unspecified atom stereocenters. The summed E-state index contributed by atoms with van der Waals surface area (Å²) in [7, 11) is 0. The number of thioether (sulfide) groups is 1. The number of carbonyl (C=O) groups excluding carboxylic acids is 1. The van der Waals surface area contributed by atoms with Gasteiger partial charge >= 0.3 is 0 Å². The van der Waals surface area contributed by atoms with Gasteiger partial charge in [0.1, 0.15) is 5.56 Å². The molecule has 0 fully saturated rings. The van der Waals surface area contributed by atoms with Crippen LogP contribution in [0.3, 0.4) is 0 Å². The molecule has 27 heavy (non-hydrogen) atoms. The highest BCUT2D eigenvalue weighted by Crippen LogP contribution is 2.30. The van der Waals surface area contributed by atoms with E-state index in [0.717, 1.165) is 11.8 Å². The number of nitrogens with zero attached hydrogens (tertiary/aromatic N) is 3. The van der Waals surface area contributed by atoms with Crippen LogP contribution in [0.4, 0.5) is 11.4 Å². The van der Waals surface area contributed by atoms with E-state index in [1.54, 1.807) is 24.3 Å². The molecule has 1 aromatic heterocycles. The van der Waals surface area contributed by atoms with E-state index in [9.17, 15) is 14.9 Å². The highest BCUT2D eigenvalue weighted by Gasteiger charge is 2.20. The van der Waals surface area contributed by atoms with Crippen molar-refractivity contribution in [3.05, 3.63) is 62.6 Å². The minimum Gasteiger partial charge on any atom is -0.411 e. The van der Waals surface area contributed by atoms with Gasteiger partial charge in [0.15, 0.2) is 0 Å². The number of aromatic nitrogens is 2. The lowest BCUT2D eigenvalue weighted by Gasteiger charge is -2.06. The summed E-state index contributed by atoms with van der Waals surface area (Å²) in [5, 5.41) is 22.2. The van der Waals surface area contributed by atoms with Crippen molar-refractivity contribution < 1.29 is 14.1 Å². The number of benzene rings is 2. The number of nitro benzene ring substituents is 1. The monoisotopic (exact) mass is 424 g/mol. The first-order valence-corrected chi connectivity index (χ1v) is 9.13. The third kappa shape index (κ3) is 4.76. The highest BCUT2D eigenvalue weighted by atomic mass is 35.5. The number of hydrogen-bond donors (Lipinski definition) is 1. The van der Waals surface area contributed by atoms with Crippen molar-refractivity contribution in [2.45, 2.75) is 5.22 Å². The van der Waals surface area contributed by atoms with Crippen molar-refractivity contribution in [2.24, 2.45) is 0 Å². The van der Waals surface area contributed by atoms with Gasteiger partial charge in [-0.25, -0.2) is 0 Å². The normalized spacial score (nSPS) is 10.6. The maximum atomic E-state index is 12.1. The molecule has 0 radical (unpaired) electrons. The van der Waals surface area contributed by atoms with Gasteiger partial charge in [0.2, 0.25) is 5.91 Å². The second kappa shape index (κ2) is 8.38. The molecule has 1 amide bonds. The number of anilines is 1. The van der Waals surface area contributed by atoms with E-state index >= 15 is 0 Å². The van der Waals surface area contributed by atoms with E-state index < -0.39 is 4.92 Å². The molecule has 2 aromatic carbocycles. The van der Waals surface area contributed by atoms with Crippen LogP contribution in [0.25, 0.3) is 11.5 Å². The lowest BCUT2D eigenvalue weighted by atomic mass is 10.2. The molecule has 0 saturated heterocycles. The molecule has 3 rings (SSSR count). The quantitative estimate of drug-likeness (QED) is 0.347. The van der Waals surface area contributed by atoms with Crippen LogP contribution in [0, 0.1) is 10.1 Å². The first-order valence-electron chi connectivity index (χ1n) is 7.39. The fraction of sp³-hybridized carbons (Fsp3) is 0.0625. The van der Waals surface area contributed by atoms with E-state index in [1.165, 1.54) is 18.2 Å². The fourth-order valence-corrected chi connectivity index (χ4v) is 3.00. The first-order chi connectivity index (χ1) is 12.9. The van der Waals surface area contributed by atoms with Crippen molar-refractivity contribution in [2.75, 3.05) is 11.1 Å². The number of halogens is 2. The second-order valence-electron chi connectivity index (χ2n) is 5.11. The SMILES string of the molecule is O=C(CSc1nnc(-c2ccccc2[N+](=O)[O-])o1)Nc1cc(Cl)ccc1Cl. The molecule has 1 N–H and O–H groups in total. The van der Waals surface area contributed by atoms with Gasteiger partial charge in [-0.1, -0.05) is 47.1 Å². The molecule has 0 aliphatic carbocycles. The zero-order valence-corrected chi connectivity index (χ0v) is 15.7. The summed E-state index contributed by atoms with van der Waals surface area (Å²) >= 11 is 12.9.